The van der Waals surface area contributed by atoms with E-state index < -0.39 is 35.3 Å². The van der Waals surface area contributed by atoms with Gasteiger partial charge in [-0.05, 0) is 58.9 Å². The van der Waals surface area contributed by atoms with Crippen molar-refractivity contribution >= 4 is 11.5 Å². The number of nitrogens with zero attached hydrogens (tertiary/aromatic N) is 1. The highest BCUT2D eigenvalue weighted by Gasteiger charge is 2.54. The summed E-state index contributed by atoms with van der Waals surface area (Å²) in [5, 5.41) is 34.0. The third kappa shape index (κ3) is 4.52. The molecule has 4 unspecified atom stereocenters. The number of aryl methyl sites for hydroxylation is 1. The fraction of sp³-hybridized carbons (Fsp3) is 0.286. The predicted molar refractivity (Wildman–Crippen MR) is 130 cm³/mol. The minimum Gasteiger partial charge on any atom is -0.480 e. The van der Waals surface area contributed by atoms with E-state index in [9.17, 15) is 24.5 Å². The minimum absolute atomic E-state index is 0.227. The summed E-state index contributed by atoms with van der Waals surface area (Å²) >= 11 is 0. The van der Waals surface area contributed by atoms with Gasteiger partial charge < -0.3 is 15.3 Å². The number of carbonyl (C=O) groups is 1. The molecule has 178 valence electrons. The van der Waals surface area contributed by atoms with Crippen LogP contribution in [0.3, 0.4) is 0 Å². The first-order valence-corrected chi connectivity index (χ1v) is 11.1. The number of aromatic nitrogens is 1. The zero-order chi connectivity index (χ0) is 25.0. The molecule has 3 rings (SSSR count). The van der Waals surface area contributed by atoms with Crippen molar-refractivity contribution in [2.75, 3.05) is 0 Å². The van der Waals surface area contributed by atoms with Crippen molar-refractivity contribution in [2.24, 2.45) is 11.8 Å². The summed E-state index contributed by atoms with van der Waals surface area (Å²) < 4.78 is 14.0. The first kappa shape index (κ1) is 25.3. The SMILES string of the molecule is C=C(c1ccccc1)C(O)C(C(C)C)C(O)C(C(=O)O)(c1cccnc1)c1ccc(F)cc1C. The van der Waals surface area contributed by atoms with Gasteiger partial charge in [-0.2, -0.15) is 0 Å². The van der Waals surface area contributed by atoms with E-state index in [1.807, 2.05) is 32.0 Å². The van der Waals surface area contributed by atoms with Crippen molar-refractivity contribution in [3.8, 4) is 0 Å². The van der Waals surface area contributed by atoms with Gasteiger partial charge in [0.15, 0.2) is 0 Å². The Morgan fingerprint density at radius 3 is 2.26 bits per heavy atom. The fourth-order valence-corrected chi connectivity index (χ4v) is 4.76. The second kappa shape index (κ2) is 10.3. The molecule has 0 spiro atoms. The van der Waals surface area contributed by atoms with Gasteiger partial charge in [-0.3, -0.25) is 9.78 Å². The van der Waals surface area contributed by atoms with Gasteiger partial charge in [-0.1, -0.05) is 62.9 Å². The summed E-state index contributed by atoms with van der Waals surface area (Å²) in [4.78, 5) is 17.2. The highest BCUT2D eigenvalue weighted by Crippen LogP contribution is 2.44. The summed E-state index contributed by atoms with van der Waals surface area (Å²) in [5.41, 5.74) is -0.131. The number of aliphatic hydroxyl groups is 2. The monoisotopic (exact) mass is 463 g/mol. The molecule has 0 saturated heterocycles. The number of hydrogen-bond acceptors (Lipinski definition) is 4. The number of rotatable bonds is 9. The molecule has 0 aliphatic heterocycles. The molecular weight excluding hydrogens is 433 g/mol. The largest absolute Gasteiger partial charge is 0.480 e. The molecule has 0 amide bonds. The van der Waals surface area contributed by atoms with Crippen LogP contribution in [0.15, 0.2) is 79.6 Å². The molecule has 0 bridgehead atoms. The van der Waals surface area contributed by atoms with E-state index in [1.165, 1.54) is 30.6 Å². The molecular formula is C28H30FNO4. The Balaban J connectivity index is 2.25. The maximum absolute atomic E-state index is 14.0. The highest BCUT2D eigenvalue weighted by molar-refractivity contribution is 5.87. The topological polar surface area (TPSA) is 90.7 Å². The molecule has 6 heteroatoms. The van der Waals surface area contributed by atoms with Crippen LogP contribution in [0.1, 0.15) is 36.1 Å². The molecule has 5 nitrogen and oxygen atoms in total. The van der Waals surface area contributed by atoms with E-state index in [-0.39, 0.29) is 17.0 Å². The second-order valence-corrected chi connectivity index (χ2v) is 8.92. The Morgan fingerprint density at radius 1 is 1.06 bits per heavy atom. The molecule has 0 aliphatic rings. The van der Waals surface area contributed by atoms with Crippen LogP contribution in [-0.2, 0) is 10.2 Å². The number of hydrogen-bond donors (Lipinski definition) is 3. The van der Waals surface area contributed by atoms with Gasteiger partial charge in [0.2, 0.25) is 0 Å². The van der Waals surface area contributed by atoms with Gasteiger partial charge in [0, 0.05) is 18.3 Å². The lowest BCUT2D eigenvalue weighted by Gasteiger charge is -2.43. The molecule has 34 heavy (non-hydrogen) atoms. The van der Waals surface area contributed by atoms with Crippen molar-refractivity contribution in [3.63, 3.8) is 0 Å². The Labute approximate surface area is 199 Å². The number of aliphatic hydroxyl groups excluding tert-OH is 2. The van der Waals surface area contributed by atoms with E-state index in [2.05, 4.69) is 11.6 Å². The second-order valence-electron chi connectivity index (χ2n) is 8.92. The van der Waals surface area contributed by atoms with Gasteiger partial charge in [-0.25, -0.2) is 4.39 Å². The van der Waals surface area contributed by atoms with Crippen molar-refractivity contribution in [2.45, 2.75) is 38.4 Å². The molecule has 0 fully saturated rings. The first-order chi connectivity index (χ1) is 16.1. The summed E-state index contributed by atoms with van der Waals surface area (Å²) in [6.07, 6.45) is 0.0458. The molecule has 3 N–H and O–H groups in total. The van der Waals surface area contributed by atoms with E-state index >= 15 is 0 Å². The van der Waals surface area contributed by atoms with Crippen LogP contribution in [0, 0.1) is 24.6 Å². The zero-order valence-electron chi connectivity index (χ0n) is 19.5. The third-order valence-corrected chi connectivity index (χ3v) is 6.51. The van der Waals surface area contributed by atoms with Crippen molar-refractivity contribution in [3.05, 3.63) is 108 Å². The van der Waals surface area contributed by atoms with Gasteiger partial charge in [0.05, 0.1) is 12.2 Å². The maximum atomic E-state index is 14.0. The van der Waals surface area contributed by atoms with Crippen LogP contribution in [-0.4, -0.2) is 38.5 Å². The van der Waals surface area contributed by atoms with Crippen molar-refractivity contribution in [1.29, 1.82) is 0 Å². The van der Waals surface area contributed by atoms with Gasteiger partial charge in [-0.15, -0.1) is 0 Å². The molecule has 2 aromatic carbocycles. The number of carboxylic acid groups (broad SMARTS) is 1. The molecule has 0 saturated carbocycles. The Hall–Kier alpha value is -3.35. The van der Waals surface area contributed by atoms with Gasteiger partial charge in [0.25, 0.3) is 0 Å². The average molecular weight is 464 g/mol. The van der Waals surface area contributed by atoms with Crippen LogP contribution in [0.4, 0.5) is 4.39 Å². The molecule has 1 aromatic heterocycles. The predicted octanol–water partition coefficient (Wildman–Crippen LogP) is 4.61. The minimum atomic E-state index is -2.01. The Kier molecular flexibility index (Phi) is 7.64. The summed E-state index contributed by atoms with van der Waals surface area (Å²) in [7, 11) is 0. The summed E-state index contributed by atoms with van der Waals surface area (Å²) in [5.74, 6) is -3.10. The van der Waals surface area contributed by atoms with E-state index in [4.69, 9.17) is 0 Å². The standard InChI is InChI=1S/C28H30FNO4/c1-17(2)24(25(31)19(4)20-9-6-5-7-10-20)26(32)28(27(33)34,21-11-8-14-30-16-21)23-13-12-22(29)15-18(23)3/h5-17,24-26,31-32H,4H2,1-3H3,(H,33,34). The highest BCUT2D eigenvalue weighted by atomic mass is 19.1. The van der Waals surface area contributed by atoms with Crippen LogP contribution in [0.2, 0.25) is 0 Å². The normalized spacial score (nSPS) is 15.9. The van der Waals surface area contributed by atoms with Crippen LogP contribution in [0.5, 0.6) is 0 Å². The zero-order valence-corrected chi connectivity index (χ0v) is 19.5. The number of benzene rings is 2. The van der Waals surface area contributed by atoms with Crippen LogP contribution in [0.25, 0.3) is 5.57 Å². The van der Waals surface area contributed by atoms with E-state index in [0.717, 1.165) is 0 Å². The Bertz CT molecular complexity index is 1150. The van der Waals surface area contributed by atoms with Crippen molar-refractivity contribution in [1.82, 2.24) is 4.98 Å². The van der Waals surface area contributed by atoms with Gasteiger partial charge >= 0.3 is 5.97 Å². The van der Waals surface area contributed by atoms with Crippen molar-refractivity contribution < 1.29 is 24.5 Å². The molecule has 0 aliphatic carbocycles. The quantitative estimate of drug-likeness (QED) is 0.431. The lowest BCUT2D eigenvalue weighted by molar-refractivity contribution is -0.150. The maximum Gasteiger partial charge on any atom is 0.321 e. The smallest absolute Gasteiger partial charge is 0.321 e. The molecule has 0 radical (unpaired) electrons. The molecule has 1 heterocycles. The molecule has 4 atom stereocenters. The van der Waals surface area contributed by atoms with Crippen LogP contribution < -0.4 is 0 Å². The number of halogens is 1. The summed E-state index contributed by atoms with van der Waals surface area (Å²) in [6.45, 7) is 9.26. The number of aliphatic carboxylic acids is 1. The number of carboxylic acids is 1. The van der Waals surface area contributed by atoms with E-state index in [1.54, 1.807) is 31.2 Å². The summed E-state index contributed by atoms with van der Waals surface area (Å²) in [6, 6.07) is 16.0. The van der Waals surface area contributed by atoms with Gasteiger partial charge in [0.1, 0.15) is 11.2 Å². The third-order valence-electron chi connectivity index (χ3n) is 6.51. The lowest BCUT2D eigenvalue weighted by atomic mass is 9.62. The van der Waals surface area contributed by atoms with E-state index in [0.29, 0.717) is 16.7 Å². The Morgan fingerprint density at radius 2 is 1.74 bits per heavy atom. The fourth-order valence-electron chi connectivity index (χ4n) is 4.76. The first-order valence-electron chi connectivity index (χ1n) is 11.1. The van der Waals surface area contributed by atoms with Crippen LogP contribution >= 0.6 is 0 Å². The lowest BCUT2D eigenvalue weighted by Crippen LogP contribution is -2.55. The molecule has 3 aromatic rings. The number of pyridine rings is 1. The average Bonchev–Trinajstić information content (AvgIpc) is 2.81.